The second-order valence-electron chi connectivity index (χ2n) is 6.17. The fourth-order valence-corrected chi connectivity index (χ4v) is 4.32. The molecule has 4 heterocycles. The number of allylic oxidation sites excluding steroid dienone is 2. The van der Waals surface area contributed by atoms with Crippen molar-refractivity contribution in [2.75, 3.05) is 0 Å². The van der Waals surface area contributed by atoms with Crippen LogP contribution in [0.4, 0.5) is 4.39 Å². The van der Waals surface area contributed by atoms with Gasteiger partial charge in [-0.15, -0.1) is 0 Å². The number of nitrogens with one attached hydrogen (secondary N) is 2. The third kappa shape index (κ3) is 1.97. The summed E-state index contributed by atoms with van der Waals surface area (Å²) in [5.74, 6) is 0.452. The topological polar surface area (TPSA) is 68.7 Å². The van der Waals surface area contributed by atoms with E-state index in [1.165, 1.54) is 29.4 Å². The van der Waals surface area contributed by atoms with Crippen LogP contribution in [0.5, 0.6) is 0 Å². The van der Waals surface area contributed by atoms with E-state index in [0.717, 1.165) is 23.4 Å². The van der Waals surface area contributed by atoms with Gasteiger partial charge in [-0.05, 0) is 42.4 Å². The van der Waals surface area contributed by atoms with Crippen molar-refractivity contribution in [2.45, 2.75) is 23.9 Å². The molecular weight excluding hydrogens is 325 g/mol. The first-order chi connectivity index (χ1) is 11.7. The summed E-state index contributed by atoms with van der Waals surface area (Å²) in [6, 6.07) is 0. The van der Waals surface area contributed by atoms with Gasteiger partial charge in [0.15, 0.2) is 12.0 Å². The Bertz CT molecular complexity index is 897. The van der Waals surface area contributed by atoms with Crippen LogP contribution in [0, 0.1) is 11.3 Å². The highest BCUT2D eigenvalue weighted by Gasteiger charge is 2.41. The Kier molecular flexibility index (Phi) is 2.94. The Morgan fingerprint density at radius 1 is 1.25 bits per heavy atom. The highest BCUT2D eigenvalue weighted by atomic mass is 32.2. The fourth-order valence-electron chi connectivity index (χ4n) is 3.30. The van der Waals surface area contributed by atoms with Gasteiger partial charge in [0.1, 0.15) is 6.33 Å². The van der Waals surface area contributed by atoms with E-state index in [0.29, 0.717) is 17.1 Å². The number of rotatable bonds is 2. The number of H-pyrrole nitrogens is 1. The van der Waals surface area contributed by atoms with Crippen LogP contribution in [0.2, 0.25) is 0 Å². The zero-order chi connectivity index (χ0) is 16.3. The van der Waals surface area contributed by atoms with Crippen LogP contribution in [-0.2, 0) is 0 Å². The predicted molar refractivity (Wildman–Crippen MR) is 90.8 cm³/mol. The first-order valence-corrected chi connectivity index (χ1v) is 8.60. The van der Waals surface area contributed by atoms with E-state index < -0.39 is 6.17 Å². The van der Waals surface area contributed by atoms with E-state index in [2.05, 4.69) is 15.0 Å². The van der Waals surface area contributed by atoms with Gasteiger partial charge in [0.05, 0.1) is 10.6 Å². The van der Waals surface area contributed by atoms with Gasteiger partial charge >= 0.3 is 0 Å². The summed E-state index contributed by atoms with van der Waals surface area (Å²) in [6.07, 6.45) is 11.2. The van der Waals surface area contributed by atoms with Crippen molar-refractivity contribution in [1.82, 2.24) is 19.3 Å². The summed E-state index contributed by atoms with van der Waals surface area (Å²) in [6.45, 7) is 0. The largest absolute Gasteiger partial charge is 0.366 e. The Balaban J connectivity index is 1.74. The lowest BCUT2D eigenvalue weighted by Crippen LogP contribution is -2.37. The van der Waals surface area contributed by atoms with Crippen LogP contribution in [0.15, 0.2) is 47.8 Å². The highest BCUT2D eigenvalue weighted by Crippen LogP contribution is 2.53. The lowest BCUT2D eigenvalue weighted by atomic mass is 9.93. The molecule has 1 atom stereocenters. The summed E-state index contributed by atoms with van der Waals surface area (Å²) < 4.78 is 16.6. The molecule has 5 rings (SSSR count). The maximum absolute atomic E-state index is 14.9. The molecule has 2 aromatic heterocycles. The number of aromatic amines is 1. The third-order valence-electron chi connectivity index (χ3n) is 4.59. The third-order valence-corrected chi connectivity index (χ3v) is 5.70. The number of nitrogens with zero attached hydrogens (tertiary/aromatic N) is 3. The molecule has 2 aromatic rings. The minimum absolute atomic E-state index is 0.0404. The molecule has 0 spiro atoms. The van der Waals surface area contributed by atoms with Crippen LogP contribution in [0.3, 0.4) is 0 Å². The van der Waals surface area contributed by atoms with Gasteiger partial charge in [0.2, 0.25) is 0 Å². The van der Waals surface area contributed by atoms with Crippen LogP contribution in [0.25, 0.3) is 11.1 Å². The van der Waals surface area contributed by atoms with E-state index in [4.69, 9.17) is 5.41 Å². The van der Waals surface area contributed by atoms with E-state index in [9.17, 15) is 4.39 Å². The smallest absolute Gasteiger partial charge is 0.184 e. The quantitative estimate of drug-likeness (QED) is 0.819. The van der Waals surface area contributed by atoms with Crippen LogP contribution >= 0.6 is 11.9 Å². The molecule has 0 aromatic carbocycles. The van der Waals surface area contributed by atoms with E-state index >= 15 is 0 Å². The molecule has 0 bridgehead atoms. The summed E-state index contributed by atoms with van der Waals surface area (Å²) in [5, 5.41) is 8.35. The van der Waals surface area contributed by atoms with E-state index in [1.807, 2.05) is 18.5 Å². The van der Waals surface area contributed by atoms with Gasteiger partial charge in [-0.25, -0.2) is 14.4 Å². The van der Waals surface area contributed by atoms with Gasteiger partial charge < -0.3 is 4.98 Å². The Morgan fingerprint density at radius 2 is 2.04 bits per heavy atom. The molecule has 120 valence electrons. The lowest BCUT2D eigenvalue weighted by molar-refractivity contribution is 0.475. The van der Waals surface area contributed by atoms with Crippen molar-refractivity contribution in [2.24, 2.45) is 5.92 Å². The zero-order valence-corrected chi connectivity index (χ0v) is 13.5. The van der Waals surface area contributed by atoms with Crippen LogP contribution in [-0.4, -0.2) is 31.3 Å². The summed E-state index contributed by atoms with van der Waals surface area (Å²) in [5.41, 5.74) is 4.41. The molecule has 0 radical (unpaired) electrons. The SMILES string of the molecule is N=C1C(F)C(c2cncnc2)=CC2=C(C3CC3)c3c[nH]cc3SN12. The average Bonchev–Trinajstić information content (AvgIpc) is 3.34. The normalized spacial score (nSPS) is 23.0. The Labute approximate surface area is 142 Å². The standard InChI is InChI=1S/C17H14FN5S/c18-16-11(10-4-21-8-22-5-10)3-13-15(9-1-2-9)12-6-20-7-14(12)24-23(13)17(16)19/h3-9,16,19-20H,1-2H2. The molecular formula is C17H14FN5S. The molecule has 1 aliphatic carbocycles. The molecule has 0 saturated heterocycles. The van der Waals surface area contributed by atoms with E-state index in [-0.39, 0.29) is 5.84 Å². The van der Waals surface area contributed by atoms with Gasteiger partial charge in [-0.1, -0.05) is 0 Å². The summed E-state index contributed by atoms with van der Waals surface area (Å²) >= 11 is 1.41. The number of amidine groups is 1. The second-order valence-corrected chi connectivity index (χ2v) is 7.15. The zero-order valence-electron chi connectivity index (χ0n) is 12.7. The van der Waals surface area contributed by atoms with Crippen molar-refractivity contribution in [3.05, 3.63) is 54.0 Å². The molecule has 1 fully saturated rings. The fraction of sp³-hybridized carbons (Fsp3) is 0.235. The molecule has 1 unspecified atom stereocenters. The van der Waals surface area contributed by atoms with E-state index in [1.54, 1.807) is 16.7 Å². The van der Waals surface area contributed by atoms with Crippen molar-refractivity contribution < 1.29 is 4.39 Å². The predicted octanol–water partition coefficient (Wildman–Crippen LogP) is 3.66. The molecule has 7 heteroatoms. The number of halogens is 1. The molecule has 5 nitrogen and oxygen atoms in total. The summed E-state index contributed by atoms with van der Waals surface area (Å²) in [4.78, 5) is 12.2. The Morgan fingerprint density at radius 3 is 2.79 bits per heavy atom. The van der Waals surface area contributed by atoms with Crippen molar-refractivity contribution >= 4 is 28.9 Å². The molecule has 3 aliphatic rings. The first-order valence-electron chi connectivity index (χ1n) is 7.83. The number of hydrogen-bond donors (Lipinski definition) is 2. The van der Waals surface area contributed by atoms with Gasteiger partial charge in [-0.3, -0.25) is 9.71 Å². The number of alkyl halides is 1. The number of aromatic nitrogens is 3. The lowest BCUT2D eigenvalue weighted by Gasteiger charge is -2.36. The molecule has 2 N–H and O–H groups in total. The first kappa shape index (κ1) is 14.0. The second kappa shape index (κ2) is 5.04. The van der Waals surface area contributed by atoms with Crippen LogP contribution in [0.1, 0.15) is 24.0 Å². The number of fused-ring (bicyclic) bond motifs is 2. The average molecular weight is 339 g/mol. The monoisotopic (exact) mass is 339 g/mol. The van der Waals surface area contributed by atoms with Gasteiger partial charge in [0, 0.05) is 41.5 Å². The van der Waals surface area contributed by atoms with Gasteiger partial charge in [0.25, 0.3) is 0 Å². The highest BCUT2D eigenvalue weighted by molar-refractivity contribution is 7.97. The number of hydrogen-bond acceptors (Lipinski definition) is 4. The minimum atomic E-state index is -1.48. The molecule has 0 amide bonds. The van der Waals surface area contributed by atoms with Crippen LogP contribution < -0.4 is 0 Å². The maximum atomic E-state index is 14.9. The molecule has 24 heavy (non-hydrogen) atoms. The van der Waals surface area contributed by atoms with Crippen molar-refractivity contribution in [3.8, 4) is 0 Å². The van der Waals surface area contributed by atoms with Crippen molar-refractivity contribution in [1.29, 1.82) is 5.41 Å². The summed E-state index contributed by atoms with van der Waals surface area (Å²) in [7, 11) is 0. The maximum Gasteiger partial charge on any atom is 0.184 e. The van der Waals surface area contributed by atoms with Gasteiger partial charge in [-0.2, -0.15) is 0 Å². The van der Waals surface area contributed by atoms with Crippen molar-refractivity contribution in [3.63, 3.8) is 0 Å². The minimum Gasteiger partial charge on any atom is -0.366 e. The Hall–Kier alpha value is -2.41. The molecule has 1 saturated carbocycles. The molecule has 2 aliphatic heterocycles.